The minimum atomic E-state index is -4.15. The number of halogens is 2. The zero-order chi connectivity index (χ0) is 25.9. The number of sulfone groups is 1. The number of carboxylic acids is 1. The molecule has 1 aromatic heterocycles. The lowest BCUT2D eigenvalue weighted by Gasteiger charge is -2.20. The third-order valence-corrected chi connectivity index (χ3v) is 8.09. The second kappa shape index (κ2) is 10.9. The first-order valence-corrected chi connectivity index (χ1v) is 13.6. The van der Waals surface area contributed by atoms with E-state index in [1.807, 2.05) is 31.2 Å². The van der Waals surface area contributed by atoms with Gasteiger partial charge < -0.3 is 10.4 Å². The molecule has 0 saturated carbocycles. The number of pyridine rings is 1. The lowest BCUT2D eigenvalue weighted by molar-refractivity contribution is -0.138. The van der Waals surface area contributed by atoms with E-state index in [9.17, 15) is 18.3 Å². The Balaban J connectivity index is 1.94. The van der Waals surface area contributed by atoms with Crippen LogP contribution >= 0.6 is 23.2 Å². The highest BCUT2D eigenvalue weighted by Crippen LogP contribution is 2.38. The van der Waals surface area contributed by atoms with Gasteiger partial charge in [0.1, 0.15) is 10.9 Å². The van der Waals surface area contributed by atoms with Crippen LogP contribution in [-0.2, 0) is 14.6 Å². The molecule has 36 heavy (non-hydrogen) atoms. The monoisotopic (exact) mass is 542 g/mol. The molecule has 1 atom stereocenters. The average molecular weight is 543 g/mol. The largest absolute Gasteiger partial charge is 0.480 e. The SMILES string of the molecule is CCCCC(Nc1ccc2cc(-c3ccccn3)ccc2c1S(=O)(=O)c1cc(Cl)cc(Cl)c1)C(=O)O. The lowest BCUT2D eigenvalue weighted by Crippen LogP contribution is -2.30. The summed E-state index contributed by atoms with van der Waals surface area (Å²) in [5.41, 5.74) is 1.77. The highest BCUT2D eigenvalue weighted by Gasteiger charge is 2.28. The zero-order valence-corrected chi connectivity index (χ0v) is 21.7. The van der Waals surface area contributed by atoms with E-state index in [1.54, 1.807) is 30.5 Å². The van der Waals surface area contributed by atoms with Crippen molar-refractivity contribution in [3.63, 3.8) is 0 Å². The van der Waals surface area contributed by atoms with Crippen LogP contribution in [0.2, 0.25) is 10.0 Å². The van der Waals surface area contributed by atoms with Gasteiger partial charge >= 0.3 is 5.97 Å². The van der Waals surface area contributed by atoms with E-state index in [1.165, 1.54) is 18.2 Å². The number of carboxylic acid groups (broad SMARTS) is 1. The molecule has 4 aromatic rings. The fraction of sp³-hybridized carbons (Fsp3) is 0.185. The molecule has 0 spiro atoms. The summed E-state index contributed by atoms with van der Waals surface area (Å²) in [6.45, 7) is 1.97. The summed E-state index contributed by atoms with van der Waals surface area (Å²) in [7, 11) is -4.15. The number of rotatable bonds is 9. The molecule has 6 nitrogen and oxygen atoms in total. The van der Waals surface area contributed by atoms with E-state index in [2.05, 4.69) is 10.3 Å². The molecule has 9 heteroatoms. The minimum absolute atomic E-state index is 0.0337. The predicted octanol–water partition coefficient (Wildman–Crippen LogP) is 7.10. The summed E-state index contributed by atoms with van der Waals surface area (Å²) >= 11 is 12.2. The van der Waals surface area contributed by atoms with E-state index in [-0.39, 0.29) is 25.5 Å². The average Bonchev–Trinajstić information content (AvgIpc) is 2.85. The van der Waals surface area contributed by atoms with Crippen LogP contribution in [0.15, 0.2) is 82.7 Å². The van der Waals surface area contributed by atoms with Crippen LogP contribution in [-0.4, -0.2) is 30.5 Å². The number of aromatic nitrogens is 1. The van der Waals surface area contributed by atoms with Crippen LogP contribution in [0.25, 0.3) is 22.0 Å². The molecule has 4 rings (SSSR count). The summed E-state index contributed by atoms with van der Waals surface area (Å²) in [4.78, 5) is 16.2. The summed E-state index contributed by atoms with van der Waals surface area (Å²) < 4.78 is 28.0. The van der Waals surface area contributed by atoms with Crippen LogP contribution in [0.4, 0.5) is 5.69 Å². The molecule has 0 aliphatic rings. The molecule has 0 radical (unpaired) electrons. The van der Waals surface area contributed by atoms with Crippen molar-refractivity contribution in [1.82, 2.24) is 4.98 Å². The number of aliphatic carboxylic acids is 1. The summed E-state index contributed by atoms with van der Waals surface area (Å²) in [5.74, 6) is -1.05. The van der Waals surface area contributed by atoms with Crippen molar-refractivity contribution in [2.24, 2.45) is 0 Å². The third kappa shape index (κ3) is 5.48. The number of unbranched alkanes of at least 4 members (excludes halogenated alkanes) is 1. The molecule has 1 heterocycles. The number of benzene rings is 3. The van der Waals surface area contributed by atoms with Gasteiger partial charge in [0, 0.05) is 27.2 Å². The molecular weight excluding hydrogens is 519 g/mol. The number of hydrogen-bond acceptors (Lipinski definition) is 5. The van der Waals surface area contributed by atoms with Gasteiger partial charge in [0.05, 0.1) is 16.3 Å². The maximum absolute atomic E-state index is 14.0. The molecule has 1 unspecified atom stereocenters. The Kier molecular flexibility index (Phi) is 7.83. The number of anilines is 1. The molecule has 0 bridgehead atoms. The number of hydrogen-bond donors (Lipinski definition) is 2. The van der Waals surface area contributed by atoms with Gasteiger partial charge in [-0.2, -0.15) is 0 Å². The first-order chi connectivity index (χ1) is 17.2. The van der Waals surface area contributed by atoms with Crippen LogP contribution in [0.1, 0.15) is 26.2 Å². The number of nitrogens with zero attached hydrogens (tertiary/aromatic N) is 1. The van der Waals surface area contributed by atoms with Crippen molar-refractivity contribution >= 4 is 55.5 Å². The standard InChI is InChI=1S/C27H24Cl2N2O4S/c1-2-3-6-25(27(32)33)31-24-11-9-17-13-18(23-7-4-5-12-30-23)8-10-22(17)26(24)36(34,35)21-15-19(28)14-20(29)16-21/h4-5,7-16,25,31H,2-3,6H2,1H3,(H,32,33). The van der Waals surface area contributed by atoms with Crippen molar-refractivity contribution < 1.29 is 18.3 Å². The molecule has 0 saturated heterocycles. The maximum Gasteiger partial charge on any atom is 0.326 e. The van der Waals surface area contributed by atoms with Crippen LogP contribution in [0, 0.1) is 0 Å². The molecule has 0 fully saturated rings. The Morgan fingerprint density at radius 3 is 2.42 bits per heavy atom. The first-order valence-electron chi connectivity index (χ1n) is 11.4. The molecule has 0 aliphatic heterocycles. The van der Waals surface area contributed by atoms with Crippen molar-refractivity contribution in [2.45, 2.75) is 42.0 Å². The fourth-order valence-corrected chi connectivity index (χ4v) is 6.40. The highest BCUT2D eigenvalue weighted by atomic mass is 35.5. The minimum Gasteiger partial charge on any atom is -0.480 e. The predicted molar refractivity (Wildman–Crippen MR) is 144 cm³/mol. The topological polar surface area (TPSA) is 96.4 Å². The van der Waals surface area contributed by atoms with E-state index in [4.69, 9.17) is 23.2 Å². The Hall–Kier alpha value is -3.13. The number of carbonyl (C=O) groups is 1. The van der Waals surface area contributed by atoms with E-state index in [0.29, 0.717) is 23.6 Å². The molecule has 2 N–H and O–H groups in total. The van der Waals surface area contributed by atoms with Gasteiger partial charge in [-0.15, -0.1) is 0 Å². The van der Waals surface area contributed by atoms with Crippen molar-refractivity contribution in [2.75, 3.05) is 5.32 Å². The number of nitrogens with one attached hydrogen (secondary N) is 1. The zero-order valence-electron chi connectivity index (χ0n) is 19.4. The molecule has 0 aliphatic carbocycles. The van der Waals surface area contributed by atoms with Gasteiger partial charge in [0.15, 0.2) is 0 Å². The Labute approximate surface area is 219 Å². The normalized spacial score (nSPS) is 12.4. The summed E-state index contributed by atoms with van der Waals surface area (Å²) in [5, 5.41) is 14.2. The highest BCUT2D eigenvalue weighted by molar-refractivity contribution is 7.92. The summed E-state index contributed by atoms with van der Waals surface area (Å²) in [6, 6.07) is 17.5. The van der Waals surface area contributed by atoms with Gasteiger partial charge in [-0.1, -0.05) is 67.2 Å². The first kappa shape index (κ1) is 25.9. The maximum atomic E-state index is 14.0. The van der Waals surface area contributed by atoms with Crippen molar-refractivity contribution in [3.8, 4) is 11.3 Å². The molecule has 186 valence electrons. The van der Waals surface area contributed by atoms with E-state index < -0.39 is 21.8 Å². The van der Waals surface area contributed by atoms with Gasteiger partial charge in [0.2, 0.25) is 9.84 Å². The Morgan fingerprint density at radius 2 is 1.78 bits per heavy atom. The summed E-state index contributed by atoms with van der Waals surface area (Å²) in [6.07, 6.45) is 3.53. The van der Waals surface area contributed by atoms with E-state index >= 15 is 0 Å². The smallest absolute Gasteiger partial charge is 0.326 e. The van der Waals surface area contributed by atoms with E-state index in [0.717, 1.165) is 17.7 Å². The second-order valence-corrected chi connectivity index (χ2v) is 11.1. The van der Waals surface area contributed by atoms with Crippen LogP contribution in [0.5, 0.6) is 0 Å². The number of fused-ring (bicyclic) bond motifs is 1. The van der Waals surface area contributed by atoms with Crippen LogP contribution in [0.3, 0.4) is 0 Å². The third-order valence-electron chi connectivity index (χ3n) is 5.82. The van der Waals surface area contributed by atoms with Crippen molar-refractivity contribution in [1.29, 1.82) is 0 Å². The fourth-order valence-electron chi connectivity index (χ4n) is 4.05. The molecule has 3 aromatic carbocycles. The van der Waals surface area contributed by atoms with Crippen molar-refractivity contribution in [3.05, 3.63) is 83.0 Å². The van der Waals surface area contributed by atoms with Gasteiger partial charge in [0.25, 0.3) is 0 Å². The Morgan fingerprint density at radius 1 is 1.03 bits per heavy atom. The van der Waals surface area contributed by atoms with Crippen LogP contribution < -0.4 is 5.32 Å². The van der Waals surface area contributed by atoms with Gasteiger partial charge in [-0.05, 0) is 54.3 Å². The quantitative estimate of drug-likeness (QED) is 0.234. The lowest BCUT2D eigenvalue weighted by atomic mass is 10.0. The van der Waals surface area contributed by atoms with Gasteiger partial charge in [-0.25, -0.2) is 13.2 Å². The van der Waals surface area contributed by atoms with Gasteiger partial charge in [-0.3, -0.25) is 4.98 Å². The molecule has 0 amide bonds. The Bertz CT molecular complexity index is 1510. The molecular formula is C27H24Cl2N2O4S. The second-order valence-electron chi connectivity index (χ2n) is 8.38.